The number of aldehydes is 1. The average molecular weight is 323 g/mol. The number of hydrogen-bond acceptors (Lipinski definition) is 6. The highest BCUT2D eigenvalue weighted by molar-refractivity contribution is 5.82. The lowest BCUT2D eigenvalue weighted by atomic mass is 9.86. The van der Waals surface area contributed by atoms with Gasteiger partial charge in [0.2, 0.25) is 5.75 Å². The molecule has 1 atom stereocenters. The molecule has 1 fully saturated rings. The van der Waals surface area contributed by atoms with Crippen LogP contribution in [0.3, 0.4) is 0 Å². The predicted octanol–water partition coefficient (Wildman–Crippen LogP) is 1.29. The van der Waals surface area contributed by atoms with Crippen LogP contribution in [0.2, 0.25) is 0 Å². The largest absolute Gasteiger partial charge is 0.493 e. The van der Waals surface area contributed by atoms with Crippen LogP contribution in [-0.2, 0) is 15.1 Å². The van der Waals surface area contributed by atoms with Gasteiger partial charge in [-0.3, -0.25) is 4.90 Å². The number of rotatable bonds is 7. The minimum atomic E-state index is -1.27. The highest BCUT2D eigenvalue weighted by Gasteiger charge is 2.49. The number of nitrogens with zero attached hydrogens (tertiary/aromatic N) is 1. The van der Waals surface area contributed by atoms with E-state index >= 15 is 0 Å². The van der Waals surface area contributed by atoms with Crippen LogP contribution >= 0.6 is 0 Å². The molecule has 1 N–H and O–H groups in total. The van der Waals surface area contributed by atoms with Gasteiger partial charge in [-0.25, -0.2) is 4.79 Å². The zero-order valence-corrected chi connectivity index (χ0v) is 13.5. The zero-order valence-electron chi connectivity index (χ0n) is 13.5. The van der Waals surface area contributed by atoms with Crippen LogP contribution in [-0.4, -0.2) is 56.7 Å². The molecule has 126 valence electrons. The molecule has 2 rings (SSSR count). The molecular weight excluding hydrogens is 302 g/mol. The van der Waals surface area contributed by atoms with Gasteiger partial charge < -0.3 is 24.1 Å². The Morgan fingerprint density at radius 2 is 1.87 bits per heavy atom. The van der Waals surface area contributed by atoms with E-state index in [1.54, 1.807) is 17.0 Å². The molecule has 0 bridgehead atoms. The second-order valence-electron chi connectivity index (χ2n) is 5.30. The van der Waals surface area contributed by atoms with Crippen molar-refractivity contribution in [3.63, 3.8) is 0 Å². The average Bonchev–Trinajstić information content (AvgIpc) is 2.98. The number of carboxylic acid groups (broad SMARTS) is 1. The van der Waals surface area contributed by atoms with Gasteiger partial charge in [0.25, 0.3) is 0 Å². The number of benzene rings is 1. The minimum Gasteiger partial charge on any atom is -0.493 e. The number of methoxy groups -OCH3 is 3. The molecule has 1 aromatic rings. The van der Waals surface area contributed by atoms with Crippen molar-refractivity contribution in [1.82, 2.24) is 4.90 Å². The summed E-state index contributed by atoms with van der Waals surface area (Å²) in [6.45, 7) is 0.602. The van der Waals surface area contributed by atoms with E-state index in [2.05, 4.69) is 0 Å². The molecule has 0 aromatic heterocycles. The van der Waals surface area contributed by atoms with Crippen LogP contribution in [0.25, 0.3) is 0 Å². The van der Waals surface area contributed by atoms with E-state index in [0.717, 1.165) is 6.29 Å². The van der Waals surface area contributed by atoms with Gasteiger partial charge in [0.15, 0.2) is 11.5 Å². The van der Waals surface area contributed by atoms with Gasteiger partial charge in [0.1, 0.15) is 11.8 Å². The Hall–Kier alpha value is -2.28. The van der Waals surface area contributed by atoms with E-state index in [1.165, 1.54) is 21.3 Å². The summed E-state index contributed by atoms with van der Waals surface area (Å²) < 4.78 is 15.9. The molecule has 0 spiro atoms. The Labute approximate surface area is 134 Å². The lowest BCUT2D eigenvalue weighted by Gasteiger charge is -2.34. The third-order valence-electron chi connectivity index (χ3n) is 4.30. The molecule has 1 saturated heterocycles. The number of hydrogen-bond donors (Lipinski definition) is 1. The number of carbonyl (C=O) groups excluding carboxylic acids is 1. The Balaban J connectivity index is 2.65. The summed E-state index contributed by atoms with van der Waals surface area (Å²) in [6.07, 6.45) is 1.83. The first-order valence-corrected chi connectivity index (χ1v) is 7.27. The molecular formula is C16H21NO6. The number of likely N-dealkylation sites (tertiary alicyclic amines) is 1. The quantitative estimate of drug-likeness (QED) is 0.757. The fourth-order valence-electron chi connectivity index (χ4n) is 3.22. The molecule has 1 aliphatic heterocycles. The third-order valence-corrected chi connectivity index (χ3v) is 4.30. The SMILES string of the molecule is COc1cc([C@@]2(C(=O)O)CCCN2CC=O)cc(OC)c1OC. The third kappa shape index (κ3) is 2.72. The fraction of sp³-hybridized carbons (Fsp3) is 0.500. The molecule has 1 aliphatic rings. The van der Waals surface area contributed by atoms with Gasteiger partial charge in [-0.15, -0.1) is 0 Å². The molecule has 1 aromatic carbocycles. The van der Waals surface area contributed by atoms with Crippen molar-refractivity contribution in [1.29, 1.82) is 0 Å². The molecule has 1 heterocycles. The maximum Gasteiger partial charge on any atom is 0.328 e. The Morgan fingerprint density at radius 1 is 1.26 bits per heavy atom. The van der Waals surface area contributed by atoms with Crippen LogP contribution < -0.4 is 14.2 Å². The molecule has 0 unspecified atom stereocenters. The van der Waals surface area contributed by atoms with Crippen molar-refractivity contribution in [2.45, 2.75) is 18.4 Å². The van der Waals surface area contributed by atoms with Gasteiger partial charge in [-0.2, -0.15) is 0 Å². The summed E-state index contributed by atoms with van der Waals surface area (Å²) in [5.74, 6) is 0.186. The van der Waals surface area contributed by atoms with Crippen molar-refractivity contribution in [2.24, 2.45) is 0 Å². The highest BCUT2D eigenvalue weighted by Crippen LogP contribution is 2.46. The van der Waals surface area contributed by atoms with Gasteiger partial charge in [-0.05, 0) is 30.5 Å². The second kappa shape index (κ2) is 6.87. The smallest absolute Gasteiger partial charge is 0.328 e. The van der Waals surface area contributed by atoms with Crippen molar-refractivity contribution >= 4 is 12.3 Å². The summed E-state index contributed by atoms with van der Waals surface area (Å²) >= 11 is 0. The Bertz CT molecular complexity index is 577. The van der Waals surface area contributed by atoms with Crippen LogP contribution in [0.4, 0.5) is 0 Å². The second-order valence-corrected chi connectivity index (χ2v) is 5.30. The number of aliphatic carboxylic acids is 1. The summed E-state index contributed by atoms with van der Waals surface area (Å²) in [4.78, 5) is 24.7. The zero-order chi connectivity index (χ0) is 17.0. The first kappa shape index (κ1) is 17.1. The molecule has 23 heavy (non-hydrogen) atoms. The van der Waals surface area contributed by atoms with E-state index < -0.39 is 11.5 Å². The molecule has 0 aliphatic carbocycles. The minimum absolute atomic E-state index is 0.0585. The van der Waals surface area contributed by atoms with Crippen LogP contribution in [0.5, 0.6) is 17.2 Å². The monoisotopic (exact) mass is 323 g/mol. The van der Waals surface area contributed by atoms with Gasteiger partial charge in [0.05, 0.1) is 27.9 Å². The van der Waals surface area contributed by atoms with Crippen LogP contribution in [0.15, 0.2) is 12.1 Å². The highest BCUT2D eigenvalue weighted by atomic mass is 16.5. The molecule has 0 radical (unpaired) electrons. The maximum atomic E-state index is 12.1. The van der Waals surface area contributed by atoms with E-state index in [1.807, 2.05) is 0 Å². The molecule has 7 heteroatoms. The summed E-state index contributed by atoms with van der Waals surface area (Å²) in [6, 6.07) is 3.27. The topological polar surface area (TPSA) is 85.3 Å². The predicted molar refractivity (Wildman–Crippen MR) is 82.3 cm³/mol. The normalized spacial score (nSPS) is 21.0. The van der Waals surface area contributed by atoms with E-state index in [9.17, 15) is 14.7 Å². The number of carboxylic acids is 1. The first-order chi connectivity index (χ1) is 11.0. The van der Waals surface area contributed by atoms with Gasteiger partial charge in [0, 0.05) is 6.54 Å². The Morgan fingerprint density at radius 3 is 2.30 bits per heavy atom. The first-order valence-electron chi connectivity index (χ1n) is 7.27. The van der Waals surface area contributed by atoms with Crippen molar-refractivity contribution in [3.05, 3.63) is 17.7 Å². The maximum absolute atomic E-state index is 12.1. The summed E-state index contributed by atoms with van der Waals surface area (Å²) in [5, 5.41) is 9.90. The molecule has 0 saturated carbocycles. The fourth-order valence-corrected chi connectivity index (χ4v) is 3.22. The van der Waals surface area contributed by atoms with Crippen LogP contribution in [0, 0.1) is 0 Å². The number of carbonyl (C=O) groups is 2. The molecule has 0 amide bonds. The van der Waals surface area contributed by atoms with E-state index in [0.29, 0.717) is 42.2 Å². The lowest BCUT2D eigenvalue weighted by Crippen LogP contribution is -2.48. The Kier molecular flexibility index (Phi) is 5.10. The van der Waals surface area contributed by atoms with Gasteiger partial charge in [-0.1, -0.05) is 0 Å². The standard InChI is InChI=1S/C16H21NO6/c1-21-12-9-11(10-13(22-2)14(12)23-3)16(15(19)20)5-4-6-17(16)7-8-18/h8-10H,4-7H2,1-3H3,(H,19,20)/t16-/m1/s1. The van der Waals surface area contributed by atoms with Crippen molar-refractivity contribution in [2.75, 3.05) is 34.4 Å². The van der Waals surface area contributed by atoms with Crippen molar-refractivity contribution < 1.29 is 28.9 Å². The van der Waals surface area contributed by atoms with Gasteiger partial charge >= 0.3 is 5.97 Å². The van der Waals surface area contributed by atoms with E-state index in [-0.39, 0.29) is 6.54 Å². The number of ether oxygens (including phenoxy) is 3. The van der Waals surface area contributed by atoms with Crippen LogP contribution in [0.1, 0.15) is 18.4 Å². The summed E-state index contributed by atoms with van der Waals surface area (Å²) in [7, 11) is 4.44. The molecule has 7 nitrogen and oxygen atoms in total. The lowest BCUT2D eigenvalue weighted by molar-refractivity contribution is -0.150. The van der Waals surface area contributed by atoms with E-state index in [4.69, 9.17) is 14.2 Å². The van der Waals surface area contributed by atoms with Crippen molar-refractivity contribution in [3.8, 4) is 17.2 Å². The summed E-state index contributed by atoms with van der Waals surface area (Å²) in [5.41, 5.74) is -0.757.